The second kappa shape index (κ2) is 13.4. The number of aromatic nitrogens is 3. The van der Waals surface area contributed by atoms with Gasteiger partial charge in [-0.25, -0.2) is 4.98 Å². The van der Waals surface area contributed by atoms with Crippen LogP contribution in [-0.4, -0.2) is 26.1 Å². The Morgan fingerprint density at radius 1 is 0.571 bits per heavy atom. The van der Waals surface area contributed by atoms with Gasteiger partial charge in [-0.05, 0) is 83.6 Å². The van der Waals surface area contributed by atoms with Crippen LogP contribution in [-0.2, 0) is 0 Å². The fraction of sp³-hybridized carbons (Fsp3) is 0.0800. The van der Waals surface area contributed by atoms with E-state index in [9.17, 15) is 0 Å². The summed E-state index contributed by atoms with van der Waals surface area (Å²) >= 11 is 0. The maximum atomic E-state index is 5.28. The molecule has 0 spiro atoms. The van der Waals surface area contributed by atoms with Gasteiger partial charge in [0, 0.05) is 45.8 Å². The molecule has 2 atom stereocenters. The molecule has 56 heavy (non-hydrogen) atoms. The SMILES string of the molecule is C1=CCCC(C2[N-]C(c3ccnc(-n4c5ccccc5c5cc6c7ccccc7n(-c7ccccc7)c6cc54)c3)=NC(c3ccc(-c4ccccc4)cc3)N2)=C1. The first kappa shape index (κ1) is 32.4. The van der Waals surface area contributed by atoms with E-state index in [2.05, 4.69) is 184 Å². The number of fused-ring (bicyclic) bond motifs is 6. The largest absolute Gasteiger partial charge is 0.445 e. The summed E-state index contributed by atoms with van der Waals surface area (Å²) in [6.45, 7) is 0. The van der Waals surface area contributed by atoms with Crippen LogP contribution in [0.25, 0.3) is 71.6 Å². The van der Waals surface area contributed by atoms with Gasteiger partial charge in [-0.1, -0.05) is 139 Å². The molecule has 6 nitrogen and oxygen atoms in total. The van der Waals surface area contributed by atoms with Crippen LogP contribution in [0.5, 0.6) is 0 Å². The molecule has 11 rings (SSSR count). The van der Waals surface area contributed by atoms with Crippen molar-refractivity contribution in [2.75, 3.05) is 0 Å². The molecular formula is C50H37N6-. The number of para-hydroxylation sites is 3. The minimum atomic E-state index is -0.262. The standard InChI is InChI=1S/C50H37N6/c1-4-14-33(15-5-1)34-24-26-36(27-25-34)49-52-48(35-16-6-2-7-17-35)53-50(54-49)37-28-29-51-47(30-37)56-44-23-13-11-21-40(44)42-31-41-39-20-10-12-22-43(39)55(45(41)32-46(42)56)38-18-8-3-9-19-38/h1-6,8-16,18-32,48-49,52H,7,17H2/q-1. The number of aliphatic imine (C=N–C) groups is 1. The molecule has 268 valence electrons. The highest BCUT2D eigenvalue weighted by atomic mass is 15.3. The highest BCUT2D eigenvalue weighted by Crippen LogP contribution is 2.40. The lowest BCUT2D eigenvalue weighted by Crippen LogP contribution is -2.39. The van der Waals surface area contributed by atoms with E-state index in [-0.39, 0.29) is 12.3 Å². The van der Waals surface area contributed by atoms with Crippen LogP contribution in [0.1, 0.15) is 30.1 Å². The van der Waals surface area contributed by atoms with E-state index in [0.29, 0.717) is 0 Å². The van der Waals surface area contributed by atoms with E-state index in [4.69, 9.17) is 15.3 Å². The first-order valence-corrected chi connectivity index (χ1v) is 19.3. The fourth-order valence-electron chi connectivity index (χ4n) is 8.56. The molecule has 0 amide bonds. The Morgan fingerprint density at radius 2 is 1.23 bits per heavy atom. The number of rotatable bonds is 6. The van der Waals surface area contributed by atoms with Crippen molar-refractivity contribution < 1.29 is 0 Å². The average molecular weight is 722 g/mol. The molecule has 6 heteroatoms. The Labute approximate surface area is 324 Å². The number of nitrogens with one attached hydrogen (secondary N) is 1. The molecule has 0 radical (unpaired) electrons. The molecule has 1 N–H and O–H groups in total. The summed E-state index contributed by atoms with van der Waals surface area (Å²) < 4.78 is 4.67. The third-order valence-corrected chi connectivity index (χ3v) is 11.3. The monoisotopic (exact) mass is 721 g/mol. The molecule has 0 fully saturated rings. The van der Waals surface area contributed by atoms with Crippen molar-refractivity contribution in [3.8, 4) is 22.6 Å². The molecule has 0 saturated heterocycles. The second-order valence-corrected chi connectivity index (χ2v) is 14.6. The number of hydrogen-bond donors (Lipinski definition) is 1. The van der Waals surface area contributed by atoms with Gasteiger partial charge >= 0.3 is 0 Å². The lowest BCUT2D eigenvalue weighted by atomic mass is 9.99. The third-order valence-electron chi connectivity index (χ3n) is 11.3. The van der Waals surface area contributed by atoms with Gasteiger partial charge in [-0.2, -0.15) is 0 Å². The lowest BCUT2D eigenvalue weighted by Gasteiger charge is -2.41. The van der Waals surface area contributed by atoms with Crippen molar-refractivity contribution >= 4 is 49.4 Å². The molecule has 6 aromatic carbocycles. The third kappa shape index (κ3) is 5.45. The van der Waals surface area contributed by atoms with Gasteiger partial charge < -0.3 is 20.2 Å². The van der Waals surface area contributed by atoms with Crippen molar-refractivity contribution in [2.45, 2.75) is 25.2 Å². The quantitative estimate of drug-likeness (QED) is 0.186. The molecular weight excluding hydrogens is 685 g/mol. The van der Waals surface area contributed by atoms with Crippen LogP contribution >= 0.6 is 0 Å². The topological polar surface area (TPSA) is 61.2 Å². The maximum absolute atomic E-state index is 5.28. The fourth-order valence-corrected chi connectivity index (χ4v) is 8.56. The van der Waals surface area contributed by atoms with Crippen molar-refractivity contribution in [1.82, 2.24) is 19.4 Å². The molecule has 0 saturated carbocycles. The van der Waals surface area contributed by atoms with Gasteiger partial charge in [-0.15, -0.1) is 0 Å². The van der Waals surface area contributed by atoms with E-state index in [1.54, 1.807) is 0 Å². The summed E-state index contributed by atoms with van der Waals surface area (Å²) in [5, 5.41) is 13.9. The maximum Gasteiger partial charge on any atom is 0.138 e. The summed E-state index contributed by atoms with van der Waals surface area (Å²) in [7, 11) is 0. The van der Waals surface area contributed by atoms with Crippen LogP contribution in [0.3, 0.4) is 0 Å². The summed E-state index contributed by atoms with van der Waals surface area (Å²) in [6, 6.07) is 56.1. The summed E-state index contributed by atoms with van der Waals surface area (Å²) in [5.74, 6) is 1.55. The zero-order valence-corrected chi connectivity index (χ0v) is 30.6. The number of benzene rings is 6. The van der Waals surface area contributed by atoms with Crippen LogP contribution < -0.4 is 5.32 Å². The zero-order valence-electron chi connectivity index (χ0n) is 30.6. The van der Waals surface area contributed by atoms with Crippen LogP contribution in [0, 0.1) is 0 Å². The normalized spacial score (nSPS) is 17.0. The highest BCUT2D eigenvalue weighted by molar-refractivity contribution is 6.19. The van der Waals surface area contributed by atoms with Gasteiger partial charge in [-0.3, -0.25) is 4.57 Å². The van der Waals surface area contributed by atoms with Crippen molar-refractivity contribution in [1.29, 1.82) is 0 Å². The Balaban J connectivity index is 1.06. The van der Waals surface area contributed by atoms with Gasteiger partial charge in [0.25, 0.3) is 0 Å². The number of nitrogens with zero attached hydrogens (tertiary/aromatic N) is 5. The highest BCUT2D eigenvalue weighted by Gasteiger charge is 2.22. The zero-order chi connectivity index (χ0) is 37.0. The number of amidine groups is 1. The van der Waals surface area contributed by atoms with E-state index in [1.807, 2.05) is 12.3 Å². The Bertz CT molecular complexity index is 3020. The summed E-state index contributed by atoms with van der Waals surface area (Å²) in [4.78, 5) is 10.3. The smallest absolute Gasteiger partial charge is 0.138 e. The molecule has 1 aliphatic carbocycles. The van der Waals surface area contributed by atoms with Crippen molar-refractivity contribution in [3.05, 3.63) is 204 Å². The molecule has 1 aliphatic heterocycles. The first-order valence-electron chi connectivity index (χ1n) is 19.3. The van der Waals surface area contributed by atoms with Crippen LogP contribution in [0.4, 0.5) is 0 Å². The Kier molecular flexibility index (Phi) is 7.74. The minimum Gasteiger partial charge on any atom is -0.445 e. The van der Waals surface area contributed by atoms with Crippen LogP contribution in [0.15, 0.2) is 193 Å². The van der Waals surface area contributed by atoms with Gasteiger partial charge in [0.05, 0.1) is 22.1 Å². The van der Waals surface area contributed by atoms with E-state index in [0.717, 1.165) is 57.9 Å². The lowest BCUT2D eigenvalue weighted by molar-refractivity contribution is 0.502. The molecule has 2 unspecified atom stereocenters. The minimum absolute atomic E-state index is 0.190. The molecule has 9 aromatic rings. The van der Waals surface area contributed by atoms with E-state index >= 15 is 0 Å². The first-order chi connectivity index (χ1) is 27.8. The Morgan fingerprint density at radius 3 is 1.96 bits per heavy atom. The second-order valence-electron chi connectivity index (χ2n) is 14.6. The summed E-state index contributed by atoms with van der Waals surface area (Å²) in [5.41, 5.74) is 11.4. The van der Waals surface area contributed by atoms with Gasteiger partial charge in [0.1, 0.15) is 5.82 Å². The van der Waals surface area contributed by atoms with Crippen molar-refractivity contribution in [2.24, 2.45) is 4.99 Å². The number of allylic oxidation sites excluding steroid dienone is 3. The van der Waals surface area contributed by atoms with Crippen LogP contribution in [0.2, 0.25) is 0 Å². The number of hydrogen-bond acceptors (Lipinski definition) is 3. The van der Waals surface area contributed by atoms with Gasteiger partial charge in [0.2, 0.25) is 0 Å². The predicted molar refractivity (Wildman–Crippen MR) is 231 cm³/mol. The predicted octanol–water partition coefficient (Wildman–Crippen LogP) is 12.0. The van der Waals surface area contributed by atoms with E-state index in [1.165, 1.54) is 43.8 Å². The van der Waals surface area contributed by atoms with Gasteiger partial charge in [0.15, 0.2) is 0 Å². The molecule has 4 heterocycles. The average Bonchev–Trinajstić information content (AvgIpc) is 3.78. The molecule has 0 bridgehead atoms. The van der Waals surface area contributed by atoms with Crippen molar-refractivity contribution in [3.63, 3.8) is 0 Å². The number of pyridine rings is 1. The van der Waals surface area contributed by atoms with E-state index < -0.39 is 0 Å². The Hall–Kier alpha value is -7.02. The molecule has 3 aromatic heterocycles. The summed E-state index contributed by atoms with van der Waals surface area (Å²) in [6.07, 6.45) is 9.97. The molecule has 2 aliphatic rings.